The molecule has 1 heterocycles. The summed E-state index contributed by atoms with van der Waals surface area (Å²) in [4.78, 5) is 4.05. The van der Waals surface area contributed by atoms with E-state index in [1.54, 1.807) is 25.6 Å². The van der Waals surface area contributed by atoms with Crippen LogP contribution >= 0.6 is 11.6 Å². The van der Waals surface area contributed by atoms with Gasteiger partial charge in [-0.15, -0.1) is 0 Å². The Kier molecular flexibility index (Phi) is 3.49. The van der Waals surface area contributed by atoms with Crippen LogP contribution in [0.15, 0.2) is 36.7 Å². The van der Waals surface area contributed by atoms with Crippen LogP contribution in [0.4, 0.5) is 11.4 Å². The summed E-state index contributed by atoms with van der Waals surface area (Å²) in [6.07, 6.45) is 3.54. The van der Waals surface area contributed by atoms with Crippen molar-refractivity contribution in [3.05, 3.63) is 47.2 Å². The summed E-state index contributed by atoms with van der Waals surface area (Å²) in [6.45, 7) is 1.99. The Labute approximate surface area is 105 Å². The van der Waals surface area contributed by atoms with Crippen LogP contribution in [0.1, 0.15) is 5.56 Å². The van der Waals surface area contributed by atoms with E-state index in [0.717, 1.165) is 22.7 Å². The zero-order chi connectivity index (χ0) is 12.3. The maximum absolute atomic E-state index is 6.12. The topological polar surface area (TPSA) is 34.1 Å². The van der Waals surface area contributed by atoms with Crippen molar-refractivity contribution >= 4 is 23.0 Å². The molecule has 0 unspecified atom stereocenters. The summed E-state index contributed by atoms with van der Waals surface area (Å²) in [5.41, 5.74) is 2.86. The first-order valence-electron chi connectivity index (χ1n) is 5.22. The van der Waals surface area contributed by atoms with Gasteiger partial charge in [-0.3, -0.25) is 4.98 Å². The van der Waals surface area contributed by atoms with Crippen molar-refractivity contribution in [1.29, 1.82) is 0 Å². The minimum atomic E-state index is 0.655. The molecular formula is C13H13ClN2O. The van der Waals surface area contributed by atoms with Gasteiger partial charge in [0.05, 0.1) is 17.8 Å². The average Bonchev–Trinajstić information content (AvgIpc) is 2.35. The van der Waals surface area contributed by atoms with Gasteiger partial charge in [0.25, 0.3) is 0 Å². The van der Waals surface area contributed by atoms with Crippen LogP contribution in [0.3, 0.4) is 0 Å². The molecule has 1 N–H and O–H groups in total. The molecule has 2 rings (SSSR count). The molecule has 1 aromatic carbocycles. The number of benzene rings is 1. The van der Waals surface area contributed by atoms with E-state index in [4.69, 9.17) is 16.3 Å². The third-order valence-corrected chi connectivity index (χ3v) is 2.79. The Balaban J connectivity index is 2.32. The molecule has 0 saturated carbocycles. The van der Waals surface area contributed by atoms with Crippen LogP contribution in [0.5, 0.6) is 5.75 Å². The molecule has 0 bridgehead atoms. The highest BCUT2D eigenvalue weighted by Gasteiger charge is 2.04. The molecule has 17 heavy (non-hydrogen) atoms. The summed E-state index contributed by atoms with van der Waals surface area (Å²) < 4.78 is 5.17. The molecular weight excluding hydrogens is 236 g/mol. The van der Waals surface area contributed by atoms with E-state index >= 15 is 0 Å². The van der Waals surface area contributed by atoms with Gasteiger partial charge < -0.3 is 10.1 Å². The number of hydrogen-bond donors (Lipinski definition) is 1. The minimum Gasteiger partial charge on any atom is -0.497 e. The van der Waals surface area contributed by atoms with E-state index < -0.39 is 0 Å². The molecule has 88 valence electrons. The Morgan fingerprint density at radius 1 is 1.24 bits per heavy atom. The van der Waals surface area contributed by atoms with E-state index in [1.807, 2.05) is 25.1 Å². The van der Waals surface area contributed by atoms with Crippen molar-refractivity contribution in [1.82, 2.24) is 4.98 Å². The van der Waals surface area contributed by atoms with Crippen LogP contribution in [-0.2, 0) is 0 Å². The summed E-state index contributed by atoms with van der Waals surface area (Å²) in [5, 5.41) is 3.92. The first kappa shape index (κ1) is 11.7. The lowest BCUT2D eigenvalue weighted by molar-refractivity contribution is 0.415. The van der Waals surface area contributed by atoms with Crippen LogP contribution < -0.4 is 10.1 Å². The highest BCUT2D eigenvalue weighted by molar-refractivity contribution is 6.33. The minimum absolute atomic E-state index is 0.655. The average molecular weight is 249 g/mol. The van der Waals surface area contributed by atoms with Crippen molar-refractivity contribution in [2.24, 2.45) is 0 Å². The largest absolute Gasteiger partial charge is 0.497 e. The van der Waals surface area contributed by atoms with Crippen molar-refractivity contribution in [3.8, 4) is 5.75 Å². The fourth-order valence-electron chi connectivity index (χ4n) is 1.49. The number of nitrogens with one attached hydrogen (secondary N) is 1. The van der Waals surface area contributed by atoms with Gasteiger partial charge in [0.15, 0.2) is 0 Å². The molecule has 2 aromatic rings. The van der Waals surface area contributed by atoms with Gasteiger partial charge >= 0.3 is 0 Å². The second-order valence-electron chi connectivity index (χ2n) is 3.66. The number of hydrogen-bond acceptors (Lipinski definition) is 3. The molecule has 0 aliphatic carbocycles. The SMILES string of the molecule is COc1ccc(Cl)c(Nc2ccncc2C)c1. The lowest BCUT2D eigenvalue weighted by Gasteiger charge is -2.11. The van der Waals surface area contributed by atoms with Gasteiger partial charge in [-0.2, -0.15) is 0 Å². The summed E-state index contributed by atoms with van der Waals surface area (Å²) in [7, 11) is 1.63. The molecule has 3 nitrogen and oxygen atoms in total. The number of aromatic nitrogens is 1. The fourth-order valence-corrected chi connectivity index (χ4v) is 1.65. The molecule has 0 radical (unpaired) electrons. The Morgan fingerprint density at radius 2 is 2.06 bits per heavy atom. The maximum atomic E-state index is 6.12. The molecule has 0 atom stereocenters. The molecule has 0 amide bonds. The molecule has 0 aliphatic rings. The lowest BCUT2D eigenvalue weighted by atomic mass is 10.2. The fraction of sp³-hybridized carbons (Fsp3) is 0.154. The monoisotopic (exact) mass is 248 g/mol. The quantitative estimate of drug-likeness (QED) is 0.897. The molecule has 1 aromatic heterocycles. The predicted molar refractivity (Wildman–Crippen MR) is 70.3 cm³/mol. The number of nitrogens with zero attached hydrogens (tertiary/aromatic N) is 1. The Bertz CT molecular complexity index is 529. The van der Waals surface area contributed by atoms with E-state index in [1.165, 1.54) is 0 Å². The van der Waals surface area contributed by atoms with Crippen molar-refractivity contribution < 1.29 is 4.74 Å². The van der Waals surface area contributed by atoms with E-state index in [0.29, 0.717) is 5.02 Å². The first-order valence-corrected chi connectivity index (χ1v) is 5.59. The lowest BCUT2D eigenvalue weighted by Crippen LogP contribution is -1.95. The van der Waals surface area contributed by atoms with Gasteiger partial charge in [-0.1, -0.05) is 11.6 Å². The molecule has 0 aliphatic heterocycles. The summed E-state index contributed by atoms with van der Waals surface area (Å²) in [5.74, 6) is 0.767. The third kappa shape index (κ3) is 2.68. The summed E-state index contributed by atoms with van der Waals surface area (Å²) in [6, 6.07) is 7.40. The van der Waals surface area contributed by atoms with Gasteiger partial charge in [-0.05, 0) is 30.7 Å². The Hall–Kier alpha value is -1.74. The number of anilines is 2. The normalized spacial score (nSPS) is 10.1. The van der Waals surface area contributed by atoms with Gasteiger partial charge in [-0.25, -0.2) is 0 Å². The van der Waals surface area contributed by atoms with Crippen LogP contribution in [-0.4, -0.2) is 12.1 Å². The molecule has 0 fully saturated rings. The highest BCUT2D eigenvalue weighted by Crippen LogP contribution is 2.30. The Morgan fingerprint density at radius 3 is 2.76 bits per heavy atom. The number of halogens is 1. The number of pyridine rings is 1. The zero-order valence-electron chi connectivity index (χ0n) is 9.70. The number of methoxy groups -OCH3 is 1. The van der Waals surface area contributed by atoms with Gasteiger partial charge in [0, 0.05) is 24.1 Å². The second kappa shape index (κ2) is 5.06. The summed E-state index contributed by atoms with van der Waals surface area (Å²) >= 11 is 6.12. The van der Waals surface area contributed by atoms with Gasteiger partial charge in [0.2, 0.25) is 0 Å². The zero-order valence-corrected chi connectivity index (χ0v) is 10.5. The van der Waals surface area contributed by atoms with E-state index in [-0.39, 0.29) is 0 Å². The van der Waals surface area contributed by atoms with Crippen LogP contribution in [0.25, 0.3) is 0 Å². The maximum Gasteiger partial charge on any atom is 0.121 e. The van der Waals surface area contributed by atoms with Crippen molar-refractivity contribution in [2.45, 2.75) is 6.92 Å². The number of ether oxygens (including phenoxy) is 1. The van der Waals surface area contributed by atoms with Crippen molar-refractivity contribution in [2.75, 3.05) is 12.4 Å². The van der Waals surface area contributed by atoms with Gasteiger partial charge in [0.1, 0.15) is 5.75 Å². The van der Waals surface area contributed by atoms with Crippen LogP contribution in [0.2, 0.25) is 5.02 Å². The molecule has 4 heteroatoms. The van der Waals surface area contributed by atoms with E-state index in [2.05, 4.69) is 10.3 Å². The molecule has 0 spiro atoms. The first-order chi connectivity index (χ1) is 8.20. The second-order valence-corrected chi connectivity index (χ2v) is 4.07. The number of rotatable bonds is 3. The van der Waals surface area contributed by atoms with E-state index in [9.17, 15) is 0 Å². The third-order valence-electron chi connectivity index (χ3n) is 2.46. The molecule has 0 saturated heterocycles. The highest BCUT2D eigenvalue weighted by atomic mass is 35.5. The van der Waals surface area contributed by atoms with Crippen LogP contribution in [0, 0.1) is 6.92 Å². The van der Waals surface area contributed by atoms with Crippen molar-refractivity contribution in [3.63, 3.8) is 0 Å². The number of aryl methyl sites for hydroxylation is 1. The predicted octanol–water partition coefficient (Wildman–Crippen LogP) is 3.80. The standard InChI is InChI=1S/C13H13ClN2O/c1-9-8-15-6-5-12(9)16-13-7-10(17-2)3-4-11(13)14/h3-8H,1-2H3,(H,15,16). The smallest absolute Gasteiger partial charge is 0.121 e.